The smallest absolute Gasteiger partial charge is 0.260 e. The van der Waals surface area contributed by atoms with Crippen molar-refractivity contribution >= 4 is 34.9 Å². The molecule has 0 atom stereocenters. The summed E-state index contributed by atoms with van der Waals surface area (Å²) in [6, 6.07) is 14.2. The third kappa shape index (κ3) is 4.57. The van der Waals surface area contributed by atoms with E-state index in [1.54, 1.807) is 23.1 Å². The lowest BCUT2D eigenvalue weighted by atomic mass is 9.89. The Morgan fingerprint density at radius 2 is 1.73 bits per heavy atom. The lowest BCUT2D eigenvalue weighted by molar-refractivity contribution is -0.134. The van der Waals surface area contributed by atoms with Gasteiger partial charge >= 0.3 is 0 Å². The summed E-state index contributed by atoms with van der Waals surface area (Å²) in [4.78, 5) is 26.6. The third-order valence-corrected chi connectivity index (χ3v) is 5.07. The molecule has 1 aliphatic heterocycles. The van der Waals surface area contributed by atoms with Crippen LogP contribution in [0, 0.1) is 5.92 Å². The number of halogens is 2. The normalized spacial score (nSPS) is 14.9. The summed E-state index contributed by atoms with van der Waals surface area (Å²) in [6.07, 6.45) is 1.33. The van der Waals surface area contributed by atoms with Crippen LogP contribution < -0.4 is 4.74 Å². The molecule has 3 rings (SSSR count). The molecule has 0 aliphatic carbocycles. The molecule has 0 unspecified atom stereocenters. The Hall–Kier alpha value is -2.04. The summed E-state index contributed by atoms with van der Waals surface area (Å²) in [5.41, 5.74) is 0.733. The van der Waals surface area contributed by atoms with Gasteiger partial charge in [-0.2, -0.15) is 0 Å². The van der Waals surface area contributed by atoms with Gasteiger partial charge in [0.1, 0.15) is 5.75 Å². The Balaban J connectivity index is 1.50. The van der Waals surface area contributed by atoms with E-state index in [-0.39, 0.29) is 24.2 Å². The van der Waals surface area contributed by atoms with Gasteiger partial charge in [-0.1, -0.05) is 53.5 Å². The zero-order chi connectivity index (χ0) is 18.5. The Morgan fingerprint density at radius 1 is 1.04 bits per heavy atom. The second-order valence-electron chi connectivity index (χ2n) is 6.25. The van der Waals surface area contributed by atoms with Crippen molar-refractivity contribution in [2.24, 2.45) is 5.92 Å². The fraction of sp³-hybridized carbons (Fsp3) is 0.300. The fourth-order valence-electron chi connectivity index (χ4n) is 3.05. The molecule has 4 nitrogen and oxygen atoms in total. The number of benzene rings is 2. The molecule has 2 aromatic rings. The first-order valence-electron chi connectivity index (χ1n) is 8.49. The quantitative estimate of drug-likeness (QED) is 0.705. The first kappa shape index (κ1) is 18.7. The van der Waals surface area contributed by atoms with Gasteiger partial charge in [0.05, 0.1) is 5.02 Å². The summed E-state index contributed by atoms with van der Waals surface area (Å²) in [7, 11) is 0. The summed E-state index contributed by atoms with van der Waals surface area (Å²) in [5, 5.41) is 0.909. The number of hydrogen-bond acceptors (Lipinski definition) is 3. The topological polar surface area (TPSA) is 46.6 Å². The summed E-state index contributed by atoms with van der Waals surface area (Å²) < 4.78 is 5.50. The van der Waals surface area contributed by atoms with E-state index in [2.05, 4.69) is 0 Å². The number of piperidine rings is 1. The van der Waals surface area contributed by atoms with Gasteiger partial charge in [-0.25, -0.2) is 0 Å². The number of ketones is 1. The fourth-order valence-corrected chi connectivity index (χ4v) is 3.38. The van der Waals surface area contributed by atoms with Crippen LogP contribution in [0.15, 0.2) is 48.5 Å². The predicted molar refractivity (Wildman–Crippen MR) is 102 cm³/mol. The van der Waals surface area contributed by atoms with Gasteiger partial charge < -0.3 is 9.64 Å². The standard InChI is InChI=1S/C20H19Cl2NO3/c21-16-6-7-17(22)18(12-16)26-13-19(24)23-10-8-15(9-11-23)20(25)14-4-2-1-3-5-14/h1-7,12,15H,8-11,13H2. The molecule has 1 aliphatic rings. The Morgan fingerprint density at radius 3 is 2.42 bits per heavy atom. The van der Waals surface area contributed by atoms with Gasteiger partial charge in [-0.05, 0) is 25.0 Å². The van der Waals surface area contributed by atoms with Crippen LogP contribution in [-0.2, 0) is 4.79 Å². The summed E-state index contributed by atoms with van der Waals surface area (Å²) in [6.45, 7) is 1.00. The molecule has 0 spiro atoms. The number of amides is 1. The molecule has 136 valence electrons. The highest BCUT2D eigenvalue weighted by Gasteiger charge is 2.28. The van der Waals surface area contributed by atoms with Gasteiger partial charge in [0.2, 0.25) is 0 Å². The molecule has 1 saturated heterocycles. The van der Waals surface area contributed by atoms with Crippen LogP contribution in [0.5, 0.6) is 5.75 Å². The van der Waals surface area contributed by atoms with E-state index in [1.807, 2.05) is 30.3 Å². The maximum Gasteiger partial charge on any atom is 0.260 e. The molecule has 1 heterocycles. The number of rotatable bonds is 5. The summed E-state index contributed by atoms with van der Waals surface area (Å²) in [5.74, 6) is 0.387. The minimum absolute atomic E-state index is 0.0373. The Kier molecular flexibility index (Phi) is 6.17. The van der Waals surface area contributed by atoms with Crippen molar-refractivity contribution in [1.82, 2.24) is 4.90 Å². The number of nitrogens with zero attached hydrogens (tertiary/aromatic N) is 1. The highest BCUT2D eigenvalue weighted by molar-refractivity contribution is 6.34. The van der Waals surface area contributed by atoms with Crippen molar-refractivity contribution in [1.29, 1.82) is 0 Å². The SMILES string of the molecule is O=C(c1ccccc1)C1CCN(C(=O)COc2cc(Cl)ccc2Cl)CC1. The zero-order valence-electron chi connectivity index (χ0n) is 14.2. The van der Waals surface area contributed by atoms with E-state index >= 15 is 0 Å². The lowest BCUT2D eigenvalue weighted by Crippen LogP contribution is -2.42. The first-order valence-corrected chi connectivity index (χ1v) is 9.25. The molecular weight excluding hydrogens is 373 g/mol. The van der Waals surface area contributed by atoms with Gasteiger partial charge in [0, 0.05) is 35.7 Å². The zero-order valence-corrected chi connectivity index (χ0v) is 15.7. The molecule has 1 fully saturated rings. The largest absolute Gasteiger partial charge is 0.482 e. The molecule has 0 bridgehead atoms. The highest BCUT2D eigenvalue weighted by Crippen LogP contribution is 2.28. The average molecular weight is 392 g/mol. The first-order chi connectivity index (χ1) is 12.5. The van der Waals surface area contributed by atoms with E-state index in [4.69, 9.17) is 27.9 Å². The van der Waals surface area contributed by atoms with Crippen molar-refractivity contribution in [3.05, 3.63) is 64.1 Å². The molecule has 0 saturated carbocycles. The maximum atomic E-state index is 12.5. The maximum absolute atomic E-state index is 12.5. The number of carbonyl (C=O) groups excluding carboxylic acids is 2. The van der Waals surface area contributed by atoms with Crippen LogP contribution in [0.4, 0.5) is 0 Å². The van der Waals surface area contributed by atoms with Crippen LogP contribution in [0.1, 0.15) is 23.2 Å². The van der Waals surface area contributed by atoms with E-state index < -0.39 is 0 Å². The molecule has 1 amide bonds. The highest BCUT2D eigenvalue weighted by atomic mass is 35.5. The van der Waals surface area contributed by atoms with Gasteiger partial charge in [0.25, 0.3) is 5.91 Å². The van der Waals surface area contributed by atoms with Crippen LogP contribution in [0.2, 0.25) is 10.0 Å². The minimum atomic E-state index is -0.119. The van der Waals surface area contributed by atoms with Crippen LogP contribution in [0.25, 0.3) is 0 Å². The van der Waals surface area contributed by atoms with Crippen LogP contribution in [-0.4, -0.2) is 36.3 Å². The number of ether oxygens (including phenoxy) is 1. The second kappa shape index (κ2) is 8.56. The second-order valence-corrected chi connectivity index (χ2v) is 7.09. The van der Waals surface area contributed by atoms with Gasteiger partial charge in [-0.15, -0.1) is 0 Å². The van der Waals surface area contributed by atoms with Crippen LogP contribution in [0.3, 0.4) is 0 Å². The number of hydrogen-bond donors (Lipinski definition) is 0. The minimum Gasteiger partial charge on any atom is -0.482 e. The van der Waals surface area contributed by atoms with Crippen molar-refractivity contribution in [3.8, 4) is 5.75 Å². The molecule has 0 aromatic heterocycles. The molecule has 6 heteroatoms. The Labute approximate surface area is 162 Å². The molecule has 26 heavy (non-hydrogen) atoms. The molecular formula is C20H19Cl2NO3. The van der Waals surface area contributed by atoms with Gasteiger partial charge in [0.15, 0.2) is 12.4 Å². The summed E-state index contributed by atoms with van der Waals surface area (Å²) >= 11 is 11.9. The van der Waals surface area contributed by atoms with Crippen LogP contribution >= 0.6 is 23.2 Å². The van der Waals surface area contributed by atoms with Crippen molar-refractivity contribution in [2.45, 2.75) is 12.8 Å². The van der Waals surface area contributed by atoms with E-state index in [9.17, 15) is 9.59 Å². The van der Waals surface area contributed by atoms with Crippen molar-refractivity contribution < 1.29 is 14.3 Å². The average Bonchev–Trinajstić information content (AvgIpc) is 2.68. The predicted octanol–water partition coefficient (Wildman–Crippen LogP) is 4.49. The van der Waals surface area contributed by atoms with Gasteiger partial charge in [-0.3, -0.25) is 9.59 Å². The lowest BCUT2D eigenvalue weighted by Gasteiger charge is -2.31. The third-order valence-electron chi connectivity index (χ3n) is 4.52. The molecule has 0 radical (unpaired) electrons. The van der Waals surface area contributed by atoms with E-state index in [1.165, 1.54) is 0 Å². The Bertz CT molecular complexity index is 787. The van der Waals surface area contributed by atoms with Crippen molar-refractivity contribution in [2.75, 3.05) is 19.7 Å². The van der Waals surface area contributed by atoms with E-state index in [0.29, 0.717) is 41.7 Å². The number of carbonyl (C=O) groups is 2. The van der Waals surface area contributed by atoms with E-state index in [0.717, 1.165) is 5.56 Å². The number of likely N-dealkylation sites (tertiary alicyclic amines) is 1. The molecule has 0 N–H and O–H groups in total. The van der Waals surface area contributed by atoms with Crippen molar-refractivity contribution in [3.63, 3.8) is 0 Å². The monoisotopic (exact) mass is 391 g/mol. The molecule has 2 aromatic carbocycles. The number of Topliss-reactive ketones (excluding diaryl/α,β-unsaturated/α-hetero) is 1.